The van der Waals surface area contributed by atoms with E-state index in [1.165, 1.54) is 23.5 Å². The Morgan fingerprint density at radius 3 is 2.67 bits per heavy atom. The third-order valence-corrected chi connectivity index (χ3v) is 4.40. The second-order valence-electron chi connectivity index (χ2n) is 4.75. The Morgan fingerprint density at radius 1 is 1.33 bits per heavy atom. The first-order chi connectivity index (χ1) is 8.74. The largest absolute Gasteiger partial charge is 0.481 e. The molecule has 1 unspecified atom stereocenters. The van der Waals surface area contributed by atoms with Crippen LogP contribution in [0.2, 0.25) is 0 Å². The van der Waals surface area contributed by atoms with Crippen LogP contribution in [0.15, 0.2) is 24.3 Å². The number of carboxylic acid groups (broad SMARTS) is 1. The first-order valence-electron chi connectivity index (χ1n) is 6.32. The maximum Gasteiger partial charge on any atom is 0.307 e. The van der Waals surface area contributed by atoms with Crippen LogP contribution in [-0.2, 0) is 17.8 Å². The van der Waals surface area contributed by atoms with E-state index in [-0.39, 0.29) is 6.42 Å². The lowest BCUT2D eigenvalue weighted by atomic mass is 10.1. The molecule has 1 saturated heterocycles. The summed E-state index contributed by atoms with van der Waals surface area (Å²) in [6, 6.07) is 7.82. The predicted molar refractivity (Wildman–Crippen MR) is 74.9 cm³/mol. The van der Waals surface area contributed by atoms with Crippen molar-refractivity contribution in [1.82, 2.24) is 5.32 Å². The summed E-state index contributed by atoms with van der Waals surface area (Å²) in [5, 5.41) is 12.2. The van der Waals surface area contributed by atoms with Crippen molar-refractivity contribution in [3.05, 3.63) is 35.4 Å². The molecule has 1 fully saturated rings. The Bertz CT molecular complexity index is 385. The fraction of sp³-hybridized carbons (Fsp3) is 0.500. The van der Waals surface area contributed by atoms with Gasteiger partial charge in [0.15, 0.2) is 0 Å². The zero-order valence-electron chi connectivity index (χ0n) is 10.4. The van der Waals surface area contributed by atoms with E-state index < -0.39 is 5.97 Å². The van der Waals surface area contributed by atoms with Crippen molar-refractivity contribution in [2.45, 2.75) is 19.4 Å². The molecule has 0 bridgehead atoms. The standard InChI is InChI=1S/C14H19NO2S/c16-14(17)7-11-1-3-12(4-2-11)8-15-9-13-5-6-18-10-13/h1-4,13,15H,5-10H2,(H,16,17). The number of rotatable bonds is 6. The Balaban J connectivity index is 1.73. The van der Waals surface area contributed by atoms with Crippen molar-refractivity contribution >= 4 is 17.7 Å². The molecule has 3 nitrogen and oxygen atoms in total. The molecule has 0 saturated carbocycles. The van der Waals surface area contributed by atoms with Crippen LogP contribution >= 0.6 is 11.8 Å². The molecule has 1 aromatic rings. The molecule has 2 rings (SSSR count). The first kappa shape index (κ1) is 13.4. The third kappa shape index (κ3) is 4.35. The smallest absolute Gasteiger partial charge is 0.307 e. The average molecular weight is 265 g/mol. The van der Waals surface area contributed by atoms with Crippen LogP contribution in [0.1, 0.15) is 17.5 Å². The zero-order chi connectivity index (χ0) is 12.8. The minimum Gasteiger partial charge on any atom is -0.481 e. The number of hydrogen-bond acceptors (Lipinski definition) is 3. The van der Waals surface area contributed by atoms with Crippen LogP contribution in [0.4, 0.5) is 0 Å². The second-order valence-corrected chi connectivity index (χ2v) is 5.90. The van der Waals surface area contributed by atoms with E-state index in [2.05, 4.69) is 5.32 Å². The van der Waals surface area contributed by atoms with Gasteiger partial charge in [0.25, 0.3) is 0 Å². The number of nitrogens with one attached hydrogen (secondary N) is 1. The van der Waals surface area contributed by atoms with E-state index in [9.17, 15) is 4.79 Å². The van der Waals surface area contributed by atoms with E-state index >= 15 is 0 Å². The highest BCUT2D eigenvalue weighted by molar-refractivity contribution is 7.99. The third-order valence-electron chi connectivity index (χ3n) is 3.16. The molecule has 18 heavy (non-hydrogen) atoms. The quantitative estimate of drug-likeness (QED) is 0.827. The van der Waals surface area contributed by atoms with E-state index in [1.54, 1.807) is 0 Å². The molecule has 0 aliphatic carbocycles. The van der Waals surface area contributed by atoms with E-state index in [4.69, 9.17) is 5.11 Å². The van der Waals surface area contributed by atoms with Crippen molar-refractivity contribution in [3.8, 4) is 0 Å². The highest BCUT2D eigenvalue weighted by atomic mass is 32.2. The van der Waals surface area contributed by atoms with Crippen molar-refractivity contribution in [3.63, 3.8) is 0 Å². The highest BCUT2D eigenvalue weighted by Crippen LogP contribution is 2.22. The Labute approximate surface area is 112 Å². The van der Waals surface area contributed by atoms with Gasteiger partial charge in [0.1, 0.15) is 0 Å². The van der Waals surface area contributed by atoms with Gasteiger partial charge in [-0.3, -0.25) is 4.79 Å². The van der Waals surface area contributed by atoms with Gasteiger partial charge in [-0.2, -0.15) is 11.8 Å². The minimum absolute atomic E-state index is 0.104. The van der Waals surface area contributed by atoms with E-state index in [0.717, 1.165) is 24.6 Å². The normalized spacial score (nSPS) is 19.0. The molecule has 0 aromatic heterocycles. The van der Waals surface area contributed by atoms with Crippen molar-refractivity contribution < 1.29 is 9.90 Å². The molecule has 1 aromatic carbocycles. The molecule has 4 heteroatoms. The fourth-order valence-electron chi connectivity index (χ4n) is 2.11. The summed E-state index contributed by atoms with van der Waals surface area (Å²) in [5.41, 5.74) is 2.08. The molecule has 2 N–H and O–H groups in total. The number of thioether (sulfide) groups is 1. The van der Waals surface area contributed by atoms with Crippen LogP contribution in [0.3, 0.4) is 0 Å². The Hall–Kier alpha value is -1.00. The summed E-state index contributed by atoms with van der Waals surface area (Å²) >= 11 is 2.04. The molecule has 0 radical (unpaired) electrons. The predicted octanol–water partition coefficient (Wildman–Crippen LogP) is 2.16. The van der Waals surface area contributed by atoms with Crippen LogP contribution in [0.25, 0.3) is 0 Å². The number of carbonyl (C=O) groups is 1. The molecular weight excluding hydrogens is 246 g/mol. The van der Waals surface area contributed by atoms with Gasteiger partial charge < -0.3 is 10.4 Å². The summed E-state index contributed by atoms with van der Waals surface area (Å²) in [6.07, 6.45) is 1.43. The molecule has 0 amide bonds. The van der Waals surface area contributed by atoms with Gasteiger partial charge >= 0.3 is 5.97 Å². The number of aliphatic carboxylic acids is 1. The van der Waals surface area contributed by atoms with E-state index in [1.807, 2.05) is 36.0 Å². The molecule has 0 spiro atoms. The number of hydrogen-bond donors (Lipinski definition) is 2. The maximum absolute atomic E-state index is 10.6. The fourth-order valence-corrected chi connectivity index (χ4v) is 3.40. The summed E-state index contributed by atoms with van der Waals surface area (Å²) in [7, 11) is 0. The monoisotopic (exact) mass is 265 g/mol. The lowest BCUT2D eigenvalue weighted by Crippen LogP contribution is -2.22. The van der Waals surface area contributed by atoms with Crippen LogP contribution < -0.4 is 5.32 Å². The molecule has 1 aliphatic heterocycles. The van der Waals surface area contributed by atoms with Crippen LogP contribution in [-0.4, -0.2) is 29.1 Å². The number of carboxylic acids is 1. The zero-order valence-corrected chi connectivity index (χ0v) is 11.2. The van der Waals surface area contributed by atoms with Crippen LogP contribution in [0.5, 0.6) is 0 Å². The van der Waals surface area contributed by atoms with Gasteiger partial charge in [0, 0.05) is 6.54 Å². The molecule has 1 aliphatic rings. The minimum atomic E-state index is -0.778. The summed E-state index contributed by atoms with van der Waals surface area (Å²) in [6.45, 7) is 1.96. The van der Waals surface area contributed by atoms with Gasteiger partial charge in [0.05, 0.1) is 6.42 Å². The van der Waals surface area contributed by atoms with Gasteiger partial charge in [-0.05, 0) is 41.5 Å². The van der Waals surface area contributed by atoms with Crippen LogP contribution in [0, 0.1) is 5.92 Å². The SMILES string of the molecule is O=C(O)Cc1ccc(CNCC2CCSC2)cc1. The van der Waals surface area contributed by atoms with Crippen molar-refractivity contribution in [1.29, 1.82) is 0 Å². The first-order valence-corrected chi connectivity index (χ1v) is 7.47. The Kier molecular flexibility index (Phi) is 5.08. The lowest BCUT2D eigenvalue weighted by molar-refractivity contribution is -0.136. The highest BCUT2D eigenvalue weighted by Gasteiger charge is 2.14. The maximum atomic E-state index is 10.6. The van der Waals surface area contributed by atoms with Crippen molar-refractivity contribution in [2.24, 2.45) is 5.92 Å². The topological polar surface area (TPSA) is 49.3 Å². The molecule has 1 atom stereocenters. The molecule has 1 heterocycles. The Morgan fingerprint density at radius 2 is 2.06 bits per heavy atom. The van der Waals surface area contributed by atoms with Gasteiger partial charge in [-0.15, -0.1) is 0 Å². The van der Waals surface area contributed by atoms with Gasteiger partial charge in [0.2, 0.25) is 0 Å². The summed E-state index contributed by atoms with van der Waals surface area (Å²) < 4.78 is 0. The summed E-state index contributed by atoms with van der Waals surface area (Å²) in [4.78, 5) is 10.6. The second kappa shape index (κ2) is 6.81. The number of benzene rings is 1. The van der Waals surface area contributed by atoms with Gasteiger partial charge in [-0.1, -0.05) is 24.3 Å². The van der Waals surface area contributed by atoms with Gasteiger partial charge in [-0.25, -0.2) is 0 Å². The molecular formula is C14H19NO2S. The van der Waals surface area contributed by atoms with Crippen molar-refractivity contribution in [2.75, 3.05) is 18.1 Å². The molecule has 98 valence electrons. The summed E-state index contributed by atoms with van der Waals surface area (Å²) in [5.74, 6) is 2.63. The average Bonchev–Trinajstić information content (AvgIpc) is 2.84. The van der Waals surface area contributed by atoms with E-state index in [0.29, 0.717) is 0 Å². The lowest BCUT2D eigenvalue weighted by Gasteiger charge is -2.10.